The van der Waals surface area contributed by atoms with E-state index in [1.54, 1.807) is 0 Å². The van der Waals surface area contributed by atoms with Gasteiger partial charge in [0.15, 0.2) is 0 Å². The van der Waals surface area contributed by atoms with Gasteiger partial charge in [-0.3, -0.25) is 4.79 Å². The van der Waals surface area contributed by atoms with Crippen LogP contribution in [-0.4, -0.2) is 24.7 Å². The van der Waals surface area contributed by atoms with Crippen molar-refractivity contribution >= 4 is 5.97 Å². The summed E-state index contributed by atoms with van der Waals surface area (Å²) in [6.07, 6.45) is 5.01. The Kier molecular flexibility index (Phi) is 10.4. The van der Waals surface area contributed by atoms with Gasteiger partial charge < -0.3 is 15.8 Å². The van der Waals surface area contributed by atoms with Gasteiger partial charge >= 0.3 is 5.97 Å². The van der Waals surface area contributed by atoms with Gasteiger partial charge in [-0.1, -0.05) is 51.1 Å². The summed E-state index contributed by atoms with van der Waals surface area (Å²) in [6, 6.07) is 9.66. The van der Waals surface area contributed by atoms with Crippen molar-refractivity contribution in [1.29, 1.82) is 0 Å². The molecule has 1 unspecified atom stereocenters. The van der Waals surface area contributed by atoms with E-state index in [0.717, 1.165) is 44.7 Å². The summed E-state index contributed by atoms with van der Waals surface area (Å²) in [7, 11) is 0. The summed E-state index contributed by atoms with van der Waals surface area (Å²) in [5.41, 5.74) is 7.09. The first-order valence-electron chi connectivity index (χ1n) is 9.19. The van der Waals surface area contributed by atoms with Crippen LogP contribution in [0.3, 0.4) is 0 Å². The first-order valence-corrected chi connectivity index (χ1v) is 9.19. The molecule has 1 aliphatic carbocycles. The first-order chi connectivity index (χ1) is 11.5. The molecule has 2 rings (SSSR count). The Hall–Kier alpha value is -1.39. The highest BCUT2D eigenvalue weighted by atomic mass is 16.5. The zero-order valence-corrected chi connectivity index (χ0v) is 15.5. The molecule has 3 N–H and O–H groups in total. The minimum absolute atomic E-state index is 0.103. The lowest BCUT2D eigenvalue weighted by molar-refractivity contribution is -0.150. The number of ether oxygens (including phenoxy) is 1. The number of rotatable bonds is 7. The molecule has 136 valence electrons. The average molecular weight is 335 g/mol. The molecule has 0 aromatic heterocycles. The standard InChI is InChI=1S/C16H24N2O2.C4H10/c17-15(16(19)20-14-8-4-5-9-14)10-11-18-12-13-6-2-1-3-7-13;1-4(2)3/h1-3,6-7,14-15,18H,4-5,8-12,17H2;4H,1-3H3. The second-order valence-electron chi connectivity index (χ2n) is 7.13. The Morgan fingerprint density at radius 1 is 1.21 bits per heavy atom. The van der Waals surface area contributed by atoms with Crippen LogP contribution < -0.4 is 11.1 Å². The number of hydrogen-bond donors (Lipinski definition) is 2. The number of nitrogens with one attached hydrogen (secondary N) is 1. The Labute approximate surface area is 147 Å². The molecular formula is C20H34N2O2. The van der Waals surface area contributed by atoms with E-state index in [0.29, 0.717) is 6.42 Å². The molecule has 0 radical (unpaired) electrons. The van der Waals surface area contributed by atoms with Crippen molar-refractivity contribution in [1.82, 2.24) is 5.32 Å². The number of nitrogens with two attached hydrogens (primary N) is 1. The molecular weight excluding hydrogens is 300 g/mol. The molecule has 1 atom stereocenters. The normalized spacial score (nSPS) is 15.7. The van der Waals surface area contributed by atoms with Gasteiger partial charge in [-0.05, 0) is 50.1 Å². The molecule has 0 amide bonds. The maximum absolute atomic E-state index is 11.8. The van der Waals surface area contributed by atoms with E-state index in [4.69, 9.17) is 10.5 Å². The van der Waals surface area contributed by atoms with Crippen LogP contribution in [0, 0.1) is 5.92 Å². The molecule has 1 aromatic rings. The van der Waals surface area contributed by atoms with Gasteiger partial charge in [0.25, 0.3) is 0 Å². The average Bonchev–Trinajstić information content (AvgIpc) is 3.04. The molecule has 0 saturated heterocycles. The third-order valence-corrected chi connectivity index (χ3v) is 3.69. The predicted octanol–water partition coefficient (Wildman–Crippen LogP) is 3.64. The summed E-state index contributed by atoms with van der Waals surface area (Å²) in [5, 5.41) is 3.29. The van der Waals surface area contributed by atoms with Crippen LogP contribution in [0.1, 0.15) is 58.4 Å². The maximum Gasteiger partial charge on any atom is 0.323 e. The highest BCUT2D eigenvalue weighted by Crippen LogP contribution is 2.21. The van der Waals surface area contributed by atoms with Crippen molar-refractivity contribution in [3.05, 3.63) is 35.9 Å². The second kappa shape index (κ2) is 12.0. The van der Waals surface area contributed by atoms with Gasteiger partial charge in [0.05, 0.1) is 0 Å². The van der Waals surface area contributed by atoms with Gasteiger partial charge in [-0.15, -0.1) is 0 Å². The maximum atomic E-state index is 11.8. The number of benzene rings is 1. The third kappa shape index (κ3) is 9.68. The van der Waals surface area contributed by atoms with Gasteiger partial charge in [0, 0.05) is 6.54 Å². The van der Waals surface area contributed by atoms with Crippen LogP contribution >= 0.6 is 0 Å². The first kappa shape index (κ1) is 20.7. The van der Waals surface area contributed by atoms with Gasteiger partial charge in [0.1, 0.15) is 12.1 Å². The van der Waals surface area contributed by atoms with E-state index in [2.05, 4.69) is 38.2 Å². The molecule has 4 nitrogen and oxygen atoms in total. The smallest absolute Gasteiger partial charge is 0.323 e. The summed E-state index contributed by atoms with van der Waals surface area (Å²) >= 11 is 0. The number of carbonyl (C=O) groups excluding carboxylic acids is 1. The Bertz CT molecular complexity index is 439. The van der Waals surface area contributed by atoms with E-state index in [-0.39, 0.29) is 12.1 Å². The molecule has 0 heterocycles. The monoisotopic (exact) mass is 334 g/mol. The van der Waals surface area contributed by atoms with Crippen LogP contribution in [0.2, 0.25) is 0 Å². The van der Waals surface area contributed by atoms with E-state index < -0.39 is 6.04 Å². The van der Waals surface area contributed by atoms with Crippen molar-refractivity contribution in [2.75, 3.05) is 6.54 Å². The lowest BCUT2D eigenvalue weighted by atomic mass is 10.2. The molecule has 4 heteroatoms. The fourth-order valence-electron chi connectivity index (χ4n) is 2.46. The third-order valence-electron chi connectivity index (χ3n) is 3.69. The van der Waals surface area contributed by atoms with Gasteiger partial charge in [0.2, 0.25) is 0 Å². The number of hydrogen-bond acceptors (Lipinski definition) is 4. The van der Waals surface area contributed by atoms with Gasteiger partial charge in [-0.25, -0.2) is 0 Å². The minimum atomic E-state index is -0.515. The SMILES string of the molecule is CC(C)C.NC(CCNCc1ccccc1)C(=O)OC1CCCC1. The fraction of sp³-hybridized carbons (Fsp3) is 0.650. The molecule has 0 spiro atoms. The van der Waals surface area contributed by atoms with Crippen LogP contribution in [0.15, 0.2) is 30.3 Å². The molecule has 24 heavy (non-hydrogen) atoms. The highest BCUT2D eigenvalue weighted by Gasteiger charge is 2.22. The van der Waals surface area contributed by atoms with Crippen LogP contribution in [0.25, 0.3) is 0 Å². The number of esters is 1. The zero-order valence-electron chi connectivity index (χ0n) is 15.5. The second-order valence-corrected chi connectivity index (χ2v) is 7.13. The van der Waals surface area contributed by atoms with E-state index >= 15 is 0 Å². The zero-order chi connectivity index (χ0) is 17.8. The topological polar surface area (TPSA) is 64.3 Å². The summed E-state index contributed by atoms with van der Waals surface area (Å²) in [6.45, 7) is 8.01. The fourth-order valence-corrected chi connectivity index (χ4v) is 2.46. The quantitative estimate of drug-likeness (QED) is 0.590. The van der Waals surface area contributed by atoms with Crippen molar-refractivity contribution in [3.63, 3.8) is 0 Å². The van der Waals surface area contributed by atoms with Crippen molar-refractivity contribution in [3.8, 4) is 0 Å². The molecule has 1 aliphatic rings. The Balaban J connectivity index is 0.000000648. The Morgan fingerprint density at radius 3 is 2.38 bits per heavy atom. The largest absolute Gasteiger partial charge is 0.461 e. The Morgan fingerprint density at radius 2 is 1.79 bits per heavy atom. The summed E-state index contributed by atoms with van der Waals surface area (Å²) in [5.74, 6) is 0.582. The molecule has 0 aliphatic heterocycles. The van der Waals surface area contributed by atoms with Crippen molar-refractivity contribution in [2.45, 2.75) is 71.6 Å². The molecule has 1 saturated carbocycles. The minimum Gasteiger partial charge on any atom is -0.461 e. The lowest BCUT2D eigenvalue weighted by Crippen LogP contribution is -2.37. The molecule has 1 aromatic carbocycles. The number of carbonyl (C=O) groups is 1. The summed E-state index contributed by atoms with van der Waals surface area (Å²) < 4.78 is 5.40. The molecule has 1 fully saturated rings. The molecule has 0 bridgehead atoms. The summed E-state index contributed by atoms with van der Waals surface area (Å²) in [4.78, 5) is 11.8. The van der Waals surface area contributed by atoms with E-state index in [1.165, 1.54) is 5.56 Å². The van der Waals surface area contributed by atoms with Crippen LogP contribution in [-0.2, 0) is 16.1 Å². The van der Waals surface area contributed by atoms with Crippen molar-refractivity contribution in [2.24, 2.45) is 11.7 Å². The highest BCUT2D eigenvalue weighted by molar-refractivity contribution is 5.75. The van der Waals surface area contributed by atoms with Crippen LogP contribution in [0.4, 0.5) is 0 Å². The van der Waals surface area contributed by atoms with Crippen molar-refractivity contribution < 1.29 is 9.53 Å². The lowest BCUT2D eigenvalue weighted by Gasteiger charge is -2.16. The van der Waals surface area contributed by atoms with Crippen LogP contribution in [0.5, 0.6) is 0 Å². The predicted molar refractivity (Wildman–Crippen MR) is 99.6 cm³/mol. The van der Waals surface area contributed by atoms with Gasteiger partial charge in [-0.2, -0.15) is 0 Å². The van der Waals surface area contributed by atoms with E-state index in [1.807, 2.05) is 18.2 Å². The van der Waals surface area contributed by atoms with E-state index in [9.17, 15) is 4.79 Å².